The lowest BCUT2D eigenvalue weighted by molar-refractivity contribution is 0.0681. The van der Waals surface area contributed by atoms with Gasteiger partial charge < -0.3 is 26.4 Å². The van der Waals surface area contributed by atoms with E-state index in [1.54, 1.807) is 0 Å². The fourth-order valence-electron chi connectivity index (χ4n) is 2.39. The van der Waals surface area contributed by atoms with E-state index in [0.717, 1.165) is 12.1 Å². The highest BCUT2D eigenvalue weighted by molar-refractivity contribution is 7.86. The maximum absolute atomic E-state index is 11.7. The zero-order valence-corrected chi connectivity index (χ0v) is 15.5. The van der Waals surface area contributed by atoms with Crippen molar-refractivity contribution in [3.63, 3.8) is 0 Å². The molecule has 0 saturated heterocycles. The molecule has 0 aliphatic rings. The van der Waals surface area contributed by atoms with Crippen molar-refractivity contribution in [2.24, 2.45) is 0 Å². The quantitative estimate of drug-likeness (QED) is 0.182. The largest absolute Gasteiger partial charge is 0.507 e. The monoisotopic (exact) mass is 448 g/mol. The van der Waals surface area contributed by atoms with Crippen LogP contribution in [0.4, 0.5) is 17.1 Å². The molecule has 2 rings (SSSR count). The van der Waals surface area contributed by atoms with Crippen molar-refractivity contribution >= 4 is 49.2 Å². The number of nitrogens with one attached hydrogen (secondary N) is 1. The van der Waals surface area contributed by atoms with Crippen LogP contribution < -0.4 is 11.1 Å². The molecule has 29 heavy (non-hydrogen) atoms. The number of aromatic hydroxyl groups is 1. The molecule has 0 unspecified atom stereocenters. The molecule has 0 atom stereocenters. The first-order chi connectivity index (χ1) is 13.1. The molecule has 2 aromatic rings. The summed E-state index contributed by atoms with van der Waals surface area (Å²) in [5.74, 6) is -4.61. The minimum absolute atomic E-state index is 0.565. The van der Waals surface area contributed by atoms with Gasteiger partial charge in [-0.15, -0.1) is 0 Å². The van der Waals surface area contributed by atoms with E-state index in [2.05, 4.69) is 5.32 Å². The first-order valence-corrected chi connectivity index (χ1v) is 10.0. The molecule has 0 bridgehead atoms. The number of aromatic carboxylic acids is 2. The Kier molecular flexibility index (Phi) is 5.44. The number of hydrogen-bond acceptors (Lipinski definition) is 9. The average Bonchev–Trinajstić information content (AvgIpc) is 2.54. The van der Waals surface area contributed by atoms with Crippen LogP contribution in [0, 0.1) is 0 Å². The Labute approximate surface area is 162 Å². The van der Waals surface area contributed by atoms with Crippen molar-refractivity contribution in [1.82, 2.24) is 0 Å². The Hall–Kier alpha value is -3.40. The number of hydrogen-bond donors (Lipinski definition) is 7. The Bertz CT molecular complexity index is 1250. The maximum Gasteiger partial charge on any atom is 0.341 e. The number of carbonyl (C=O) groups is 2. The van der Waals surface area contributed by atoms with E-state index in [0.29, 0.717) is 12.1 Å². The van der Waals surface area contributed by atoms with Gasteiger partial charge in [0, 0.05) is 0 Å². The highest BCUT2D eigenvalue weighted by Crippen LogP contribution is 2.36. The number of benzene rings is 2. The molecule has 0 aliphatic carbocycles. The third kappa shape index (κ3) is 4.37. The zero-order chi connectivity index (χ0) is 22.3. The second-order valence-corrected chi connectivity index (χ2v) is 8.21. The maximum atomic E-state index is 11.7. The molecule has 15 heteroatoms. The van der Waals surface area contributed by atoms with Crippen LogP contribution in [0.5, 0.6) is 5.75 Å². The average molecular weight is 448 g/mol. The first-order valence-electron chi connectivity index (χ1n) is 7.12. The van der Waals surface area contributed by atoms with Gasteiger partial charge >= 0.3 is 11.9 Å². The topological polar surface area (TPSA) is 242 Å². The highest BCUT2D eigenvalue weighted by atomic mass is 32.2. The number of rotatable bonds is 6. The minimum Gasteiger partial charge on any atom is -0.507 e. The molecule has 0 aliphatic heterocycles. The first kappa shape index (κ1) is 21.9. The molecule has 0 fully saturated rings. The minimum atomic E-state index is -5.27. The summed E-state index contributed by atoms with van der Waals surface area (Å²) < 4.78 is 64.8. The standard InChI is InChI=1S/C14H12N2O11S2/c15-6-3-5(13(18)19)8(4-10(6)28(22,23)24)16-7-1-2-9(17)11(14(20)21)12(7)29(25,26)27/h1-4,16-17H,15H2,(H,18,19)(H,20,21)(H,22,23,24)(H,25,26,27). The van der Waals surface area contributed by atoms with Crippen molar-refractivity contribution in [2.75, 3.05) is 11.1 Å². The highest BCUT2D eigenvalue weighted by Gasteiger charge is 2.29. The fraction of sp³-hybridized carbons (Fsp3) is 0. The summed E-state index contributed by atoms with van der Waals surface area (Å²) in [6.45, 7) is 0. The van der Waals surface area contributed by atoms with Crippen LogP contribution in [-0.2, 0) is 20.2 Å². The van der Waals surface area contributed by atoms with Crippen LogP contribution in [0.15, 0.2) is 34.1 Å². The lowest BCUT2D eigenvalue weighted by Gasteiger charge is -2.16. The molecular formula is C14H12N2O11S2. The predicted molar refractivity (Wildman–Crippen MR) is 95.8 cm³/mol. The molecule has 0 heterocycles. The summed E-state index contributed by atoms with van der Waals surface area (Å²) in [6.07, 6.45) is 0. The summed E-state index contributed by atoms with van der Waals surface area (Å²) in [5, 5.41) is 30.2. The summed E-state index contributed by atoms with van der Waals surface area (Å²) >= 11 is 0. The molecule has 8 N–H and O–H groups in total. The number of phenols is 1. The fourth-order valence-corrected chi connectivity index (χ4v) is 3.86. The van der Waals surface area contributed by atoms with E-state index in [1.165, 1.54) is 0 Å². The molecule has 156 valence electrons. The second-order valence-electron chi connectivity index (χ2n) is 5.46. The number of anilines is 3. The molecular weight excluding hydrogens is 436 g/mol. The van der Waals surface area contributed by atoms with Crippen LogP contribution in [-0.4, -0.2) is 53.2 Å². The van der Waals surface area contributed by atoms with E-state index in [-0.39, 0.29) is 0 Å². The van der Waals surface area contributed by atoms with E-state index in [4.69, 9.17) is 10.8 Å². The lowest BCUT2D eigenvalue weighted by atomic mass is 10.1. The van der Waals surface area contributed by atoms with Crippen molar-refractivity contribution in [1.29, 1.82) is 0 Å². The summed E-state index contributed by atoms with van der Waals surface area (Å²) in [6, 6.07) is 2.75. The van der Waals surface area contributed by atoms with Crippen LogP contribution in [0.3, 0.4) is 0 Å². The lowest BCUT2D eigenvalue weighted by Crippen LogP contribution is -2.13. The van der Waals surface area contributed by atoms with Crippen LogP contribution in [0.2, 0.25) is 0 Å². The van der Waals surface area contributed by atoms with E-state index in [1.807, 2.05) is 0 Å². The predicted octanol–water partition coefficient (Wildman–Crippen LogP) is 0.608. The smallest absolute Gasteiger partial charge is 0.341 e. The molecule has 0 radical (unpaired) electrons. The molecule has 13 nitrogen and oxygen atoms in total. The van der Waals surface area contributed by atoms with Gasteiger partial charge in [0.25, 0.3) is 20.2 Å². The van der Waals surface area contributed by atoms with Gasteiger partial charge in [-0.25, -0.2) is 9.59 Å². The van der Waals surface area contributed by atoms with Crippen LogP contribution in [0.25, 0.3) is 0 Å². The summed E-state index contributed by atoms with van der Waals surface area (Å²) in [5.41, 5.74) is 1.54. The van der Waals surface area contributed by atoms with E-state index >= 15 is 0 Å². The Morgan fingerprint density at radius 2 is 1.48 bits per heavy atom. The normalized spacial score (nSPS) is 11.8. The van der Waals surface area contributed by atoms with Crippen LogP contribution in [0.1, 0.15) is 20.7 Å². The Morgan fingerprint density at radius 3 is 1.93 bits per heavy atom. The van der Waals surface area contributed by atoms with Gasteiger partial charge in [-0.05, 0) is 24.3 Å². The van der Waals surface area contributed by atoms with Crippen LogP contribution >= 0.6 is 0 Å². The van der Waals surface area contributed by atoms with E-state index in [9.17, 15) is 45.7 Å². The zero-order valence-electron chi connectivity index (χ0n) is 13.9. The molecule has 0 saturated carbocycles. The number of nitrogens with two attached hydrogens (primary N) is 1. The molecule has 0 spiro atoms. The molecule has 0 aromatic heterocycles. The second kappa shape index (κ2) is 7.21. The van der Waals surface area contributed by atoms with Gasteiger partial charge in [-0.2, -0.15) is 16.8 Å². The van der Waals surface area contributed by atoms with Crippen molar-refractivity contribution < 1.29 is 50.8 Å². The number of carboxylic acid groups (broad SMARTS) is 2. The van der Waals surface area contributed by atoms with Gasteiger partial charge in [0.15, 0.2) is 0 Å². The van der Waals surface area contributed by atoms with Gasteiger partial charge in [-0.3, -0.25) is 9.11 Å². The van der Waals surface area contributed by atoms with E-state index < -0.39 is 75.9 Å². The molecule has 0 amide bonds. The summed E-state index contributed by atoms with van der Waals surface area (Å²) in [4.78, 5) is 20.5. The third-order valence-corrected chi connectivity index (χ3v) is 5.38. The van der Waals surface area contributed by atoms with Crippen molar-refractivity contribution in [3.8, 4) is 5.75 Å². The van der Waals surface area contributed by atoms with Gasteiger partial charge in [0.2, 0.25) is 0 Å². The Balaban J connectivity index is 2.86. The SMILES string of the molecule is Nc1cc(C(=O)O)c(Nc2ccc(O)c(C(=O)O)c2S(=O)(=O)O)cc1S(=O)(=O)O. The van der Waals surface area contributed by atoms with Crippen molar-refractivity contribution in [2.45, 2.75) is 9.79 Å². The number of nitrogen functional groups attached to an aromatic ring is 1. The van der Waals surface area contributed by atoms with Gasteiger partial charge in [0.05, 0.1) is 22.6 Å². The Morgan fingerprint density at radius 1 is 0.897 bits per heavy atom. The summed E-state index contributed by atoms with van der Waals surface area (Å²) in [7, 11) is -10.2. The number of carboxylic acids is 2. The van der Waals surface area contributed by atoms with Gasteiger partial charge in [0.1, 0.15) is 21.1 Å². The van der Waals surface area contributed by atoms with Gasteiger partial charge in [-0.1, -0.05) is 0 Å². The van der Waals surface area contributed by atoms with Crippen molar-refractivity contribution in [3.05, 3.63) is 35.4 Å². The molecule has 2 aromatic carbocycles. The third-order valence-electron chi connectivity index (χ3n) is 3.54.